The van der Waals surface area contributed by atoms with Crippen molar-refractivity contribution in [3.63, 3.8) is 0 Å². The smallest absolute Gasteiger partial charge is 0.147 e. The summed E-state index contributed by atoms with van der Waals surface area (Å²) in [7, 11) is 0. The van der Waals surface area contributed by atoms with Crippen molar-refractivity contribution < 1.29 is 0 Å². The van der Waals surface area contributed by atoms with Crippen LogP contribution in [0.2, 0.25) is 0 Å². The number of nitrogens with two attached hydrogens (primary N) is 1. The Bertz CT molecular complexity index is 683. The monoisotopic (exact) mass is 284 g/mol. The van der Waals surface area contributed by atoms with Crippen LogP contribution in [-0.4, -0.2) is 19.6 Å². The van der Waals surface area contributed by atoms with Crippen LogP contribution >= 0.6 is 11.5 Å². The minimum absolute atomic E-state index is 0.504. The van der Waals surface area contributed by atoms with Crippen molar-refractivity contribution in [1.29, 1.82) is 0 Å². The summed E-state index contributed by atoms with van der Waals surface area (Å²) in [5, 5.41) is 12.1. The van der Waals surface area contributed by atoms with Gasteiger partial charge >= 0.3 is 0 Å². The highest BCUT2D eigenvalue weighted by Gasteiger charge is 2.13. The quantitative estimate of drug-likeness (QED) is 0.763. The summed E-state index contributed by atoms with van der Waals surface area (Å²) in [6, 6.07) is 7.60. The van der Waals surface area contributed by atoms with Gasteiger partial charge in [0.25, 0.3) is 0 Å². The zero-order valence-electron chi connectivity index (χ0n) is 10.5. The van der Waals surface area contributed by atoms with Gasteiger partial charge in [0.1, 0.15) is 10.8 Å². The van der Waals surface area contributed by atoms with E-state index in [-0.39, 0.29) is 0 Å². The van der Waals surface area contributed by atoms with Crippen LogP contribution in [0.3, 0.4) is 0 Å². The molecule has 0 aromatic carbocycles. The third kappa shape index (κ3) is 2.57. The number of hydrogen-bond acceptors (Lipinski definition) is 7. The maximum Gasteiger partial charge on any atom is 0.147 e. The summed E-state index contributed by atoms with van der Waals surface area (Å²) < 4.78 is 4.20. The number of nitrogens with zero attached hydrogens (tertiary/aromatic N) is 4. The zero-order valence-corrected chi connectivity index (χ0v) is 11.3. The topological polar surface area (TPSA) is 89.6 Å². The molecule has 100 valence electrons. The molecule has 0 unspecified atom stereocenters. The Balaban J connectivity index is 1.85. The van der Waals surface area contributed by atoms with Gasteiger partial charge in [0.15, 0.2) is 0 Å². The number of anilines is 2. The SMILES string of the molecule is Nc1nsc(NCc2cccnn2)c1-c1cccnc1. The van der Waals surface area contributed by atoms with Gasteiger partial charge in [-0.05, 0) is 29.7 Å². The fourth-order valence-corrected chi connectivity index (χ4v) is 2.54. The van der Waals surface area contributed by atoms with Crippen molar-refractivity contribution in [3.8, 4) is 11.1 Å². The lowest BCUT2D eigenvalue weighted by molar-refractivity contribution is 0.927. The summed E-state index contributed by atoms with van der Waals surface area (Å²) in [5.74, 6) is 0.504. The van der Waals surface area contributed by atoms with Crippen LogP contribution in [-0.2, 0) is 6.54 Å². The number of nitrogens with one attached hydrogen (secondary N) is 1. The predicted octanol–water partition coefficient (Wildman–Crippen LogP) is 2.19. The first-order chi connectivity index (χ1) is 9.84. The summed E-state index contributed by atoms with van der Waals surface area (Å²) in [6.45, 7) is 0.572. The maximum absolute atomic E-state index is 5.95. The van der Waals surface area contributed by atoms with Gasteiger partial charge < -0.3 is 11.1 Å². The molecule has 0 aliphatic rings. The Hall–Kier alpha value is -2.54. The van der Waals surface area contributed by atoms with E-state index in [1.807, 2.05) is 24.3 Å². The van der Waals surface area contributed by atoms with Gasteiger partial charge in [-0.2, -0.15) is 14.6 Å². The number of hydrogen-bond donors (Lipinski definition) is 2. The van der Waals surface area contributed by atoms with Crippen LogP contribution in [0.25, 0.3) is 11.1 Å². The Morgan fingerprint density at radius 3 is 2.85 bits per heavy atom. The Kier molecular flexibility index (Phi) is 3.51. The second-order valence-corrected chi connectivity index (χ2v) is 4.86. The highest BCUT2D eigenvalue weighted by atomic mass is 32.1. The molecule has 3 aromatic heterocycles. The van der Waals surface area contributed by atoms with E-state index in [2.05, 4.69) is 24.9 Å². The summed E-state index contributed by atoms with van der Waals surface area (Å²) >= 11 is 1.33. The lowest BCUT2D eigenvalue weighted by atomic mass is 10.1. The van der Waals surface area contributed by atoms with E-state index >= 15 is 0 Å². The molecule has 0 aliphatic carbocycles. The first-order valence-electron chi connectivity index (χ1n) is 6.00. The van der Waals surface area contributed by atoms with Crippen LogP contribution in [0.5, 0.6) is 0 Å². The van der Waals surface area contributed by atoms with Gasteiger partial charge in [-0.1, -0.05) is 6.07 Å². The first-order valence-corrected chi connectivity index (χ1v) is 6.78. The van der Waals surface area contributed by atoms with E-state index in [0.29, 0.717) is 12.4 Å². The van der Waals surface area contributed by atoms with E-state index in [1.54, 1.807) is 18.6 Å². The van der Waals surface area contributed by atoms with Gasteiger partial charge in [-0.15, -0.1) is 0 Å². The predicted molar refractivity (Wildman–Crippen MR) is 79.1 cm³/mol. The molecule has 0 atom stereocenters. The lowest BCUT2D eigenvalue weighted by Crippen LogP contribution is -2.02. The lowest BCUT2D eigenvalue weighted by Gasteiger charge is -2.06. The Labute approximate surface area is 119 Å². The van der Waals surface area contributed by atoms with E-state index in [1.165, 1.54) is 11.5 Å². The van der Waals surface area contributed by atoms with E-state index in [0.717, 1.165) is 21.8 Å². The minimum atomic E-state index is 0.504. The van der Waals surface area contributed by atoms with Crippen molar-refractivity contribution in [1.82, 2.24) is 19.6 Å². The van der Waals surface area contributed by atoms with Crippen LogP contribution < -0.4 is 11.1 Å². The highest BCUT2D eigenvalue weighted by molar-refractivity contribution is 7.11. The average Bonchev–Trinajstić information content (AvgIpc) is 2.88. The molecular weight excluding hydrogens is 272 g/mol. The number of nitrogen functional groups attached to an aromatic ring is 1. The van der Waals surface area contributed by atoms with Gasteiger partial charge in [-0.3, -0.25) is 4.98 Å². The average molecular weight is 284 g/mol. The van der Waals surface area contributed by atoms with E-state index in [4.69, 9.17) is 5.73 Å². The Morgan fingerprint density at radius 2 is 2.10 bits per heavy atom. The number of aromatic nitrogens is 4. The molecule has 20 heavy (non-hydrogen) atoms. The molecule has 0 radical (unpaired) electrons. The molecule has 0 saturated heterocycles. The van der Waals surface area contributed by atoms with Crippen LogP contribution in [0.1, 0.15) is 5.69 Å². The molecule has 6 nitrogen and oxygen atoms in total. The van der Waals surface area contributed by atoms with Crippen LogP contribution in [0, 0.1) is 0 Å². The number of pyridine rings is 1. The van der Waals surface area contributed by atoms with Crippen molar-refractivity contribution in [2.75, 3.05) is 11.1 Å². The van der Waals surface area contributed by atoms with Crippen molar-refractivity contribution in [3.05, 3.63) is 48.5 Å². The van der Waals surface area contributed by atoms with Gasteiger partial charge in [-0.25, -0.2) is 0 Å². The molecule has 0 bridgehead atoms. The maximum atomic E-state index is 5.95. The third-order valence-electron chi connectivity index (χ3n) is 2.73. The van der Waals surface area contributed by atoms with Gasteiger partial charge in [0.2, 0.25) is 0 Å². The molecule has 3 heterocycles. The van der Waals surface area contributed by atoms with Crippen molar-refractivity contribution in [2.45, 2.75) is 6.54 Å². The molecule has 3 aromatic rings. The van der Waals surface area contributed by atoms with E-state index in [9.17, 15) is 0 Å². The molecule has 0 fully saturated rings. The van der Waals surface area contributed by atoms with Crippen molar-refractivity contribution in [2.24, 2.45) is 0 Å². The molecule has 0 amide bonds. The second-order valence-electron chi connectivity index (χ2n) is 4.08. The van der Waals surface area contributed by atoms with Crippen LogP contribution in [0.4, 0.5) is 10.8 Å². The summed E-state index contributed by atoms with van der Waals surface area (Å²) in [4.78, 5) is 4.11. The fourth-order valence-electron chi connectivity index (χ4n) is 1.81. The zero-order chi connectivity index (χ0) is 13.8. The van der Waals surface area contributed by atoms with Crippen molar-refractivity contribution >= 4 is 22.4 Å². The molecule has 3 N–H and O–H groups in total. The number of rotatable bonds is 4. The fraction of sp³-hybridized carbons (Fsp3) is 0.0769. The third-order valence-corrected chi connectivity index (χ3v) is 3.55. The highest BCUT2D eigenvalue weighted by Crippen LogP contribution is 2.36. The standard InChI is InChI=1S/C13H12N6S/c14-12-11(9-3-1-5-15-7-9)13(20-19-12)16-8-10-4-2-6-17-18-10/h1-7,16H,8H2,(H2,14,19). The minimum Gasteiger partial charge on any atom is -0.382 e. The van der Waals surface area contributed by atoms with E-state index < -0.39 is 0 Å². The summed E-state index contributed by atoms with van der Waals surface area (Å²) in [5.41, 5.74) is 8.63. The molecule has 0 spiro atoms. The normalized spacial score (nSPS) is 10.4. The van der Waals surface area contributed by atoms with Crippen LogP contribution in [0.15, 0.2) is 42.9 Å². The first kappa shape index (κ1) is 12.5. The molecule has 3 rings (SSSR count). The van der Waals surface area contributed by atoms with Gasteiger partial charge in [0, 0.05) is 24.2 Å². The molecule has 0 aliphatic heterocycles. The Morgan fingerprint density at radius 1 is 1.20 bits per heavy atom. The second kappa shape index (κ2) is 5.62. The molecular formula is C13H12N6S. The molecule has 7 heteroatoms. The largest absolute Gasteiger partial charge is 0.382 e. The summed E-state index contributed by atoms with van der Waals surface area (Å²) in [6.07, 6.45) is 5.15. The molecule has 0 saturated carbocycles. The van der Waals surface area contributed by atoms with Gasteiger partial charge in [0.05, 0.1) is 17.8 Å².